The first-order chi connectivity index (χ1) is 8.97. The van der Waals surface area contributed by atoms with Crippen LogP contribution in [0.2, 0.25) is 4.34 Å². The molecule has 2 heterocycles. The number of rotatable bonds is 5. The van der Waals surface area contributed by atoms with Crippen LogP contribution < -0.4 is 10.5 Å². The molecule has 8 heteroatoms. The SMILES string of the molecule is Nc1ccc(S(=O)(=O)NCCc2ccc(Cl)s2)cn1. The van der Waals surface area contributed by atoms with Gasteiger partial charge < -0.3 is 5.73 Å². The van der Waals surface area contributed by atoms with Gasteiger partial charge in [-0.05, 0) is 30.7 Å². The molecule has 0 aliphatic carbocycles. The molecule has 0 unspecified atom stereocenters. The molecule has 0 amide bonds. The number of hydrogen-bond donors (Lipinski definition) is 2. The highest BCUT2D eigenvalue weighted by molar-refractivity contribution is 7.89. The van der Waals surface area contributed by atoms with Crippen LogP contribution in [0.1, 0.15) is 4.88 Å². The standard InChI is InChI=1S/C11H12ClN3O2S2/c12-10-3-1-8(18-10)5-6-15-19(16,17)9-2-4-11(13)14-7-9/h1-4,7,15H,5-6H2,(H2,13,14). The Morgan fingerprint density at radius 2 is 2.11 bits per heavy atom. The van der Waals surface area contributed by atoms with Crippen LogP contribution in [0.15, 0.2) is 35.4 Å². The van der Waals surface area contributed by atoms with E-state index in [2.05, 4.69) is 9.71 Å². The number of sulfonamides is 1. The van der Waals surface area contributed by atoms with Gasteiger partial charge in [0.05, 0.1) is 4.34 Å². The molecule has 0 saturated heterocycles. The van der Waals surface area contributed by atoms with Crippen LogP contribution in [-0.4, -0.2) is 19.9 Å². The summed E-state index contributed by atoms with van der Waals surface area (Å²) in [5.41, 5.74) is 5.41. The van der Waals surface area contributed by atoms with Gasteiger partial charge >= 0.3 is 0 Å². The topological polar surface area (TPSA) is 85.1 Å². The molecule has 0 spiro atoms. The Labute approximate surface area is 120 Å². The van der Waals surface area contributed by atoms with Gasteiger partial charge in [0.25, 0.3) is 0 Å². The minimum atomic E-state index is -3.54. The molecular formula is C11H12ClN3O2S2. The lowest BCUT2D eigenvalue weighted by atomic mass is 10.3. The maximum Gasteiger partial charge on any atom is 0.242 e. The summed E-state index contributed by atoms with van der Waals surface area (Å²) in [4.78, 5) is 4.89. The van der Waals surface area contributed by atoms with Gasteiger partial charge in [0.15, 0.2) is 0 Å². The van der Waals surface area contributed by atoms with Crippen LogP contribution in [0.4, 0.5) is 5.82 Å². The lowest BCUT2D eigenvalue weighted by Gasteiger charge is -2.05. The summed E-state index contributed by atoms with van der Waals surface area (Å²) in [5, 5.41) is 0. The molecule has 0 aliphatic heterocycles. The molecule has 0 aromatic carbocycles. The number of pyridine rings is 1. The molecule has 2 rings (SSSR count). The third kappa shape index (κ3) is 3.90. The van der Waals surface area contributed by atoms with Crippen molar-refractivity contribution >= 4 is 38.8 Å². The van der Waals surface area contributed by atoms with E-state index in [1.165, 1.54) is 29.7 Å². The number of aromatic nitrogens is 1. The van der Waals surface area contributed by atoms with Gasteiger partial charge in [-0.3, -0.25) is 0 Å². The fourth-order valence-electron chi connectivity index (χ4n) is 1.43. The van der Waals surface area contributed by atoms with Gasteiger partial charge in [-0.25, -0.2) is 18.1 Å². The first-order valence-corrected chi connectivity index (χ1v) is 8.10. The average Bonchev–Trinajstić information content (AvgIpc) is 2.75. The molecule has 102 valence electrons. The molecule has 0 saturated carbocycles. The predicted molar refractivity (Wildman–Crippen MR) is 76.9 cm³/mol. The quantitative estimate of drug-likeness (QED) is 0.882. The van der Waals surface area contributed by atoms with Crippen LogP contribution in [0.5, 0.6) is 0 Å². The number of nitrogens with two attached hydrogens (primary N) is 1. The zero-order chi connectivity index (χ0) is 13.9. The van der Waals surface area contributed by atoms with Crippen LogP contribution in [0.25, 0.3) is 0 Å². The molecule has 2 aromatic rings. The second-order valence-electron chi connectivity index (χ2n) is 3.77. The Balaban J connectivity index is 1.96. The van der Waals surface area contributed by atoms with Crippen molar-refractivity contribution in [1.29, 1.82) is 0 Å². The molecule has 0 bridgehead atoms. The molecule has 3 N–H and O–H groups in total. The molecule has 0 fully saturated rings. The number of hydrogen-bond acceptors (Lipinski definition) is 5. The van der Waals surface area contributed by atoms with Crippen molar-refractivity contribution in [3.8, 4) is 0 Å². The predicted octanol–water partition coefficient (Wildman–Crippen LogP) is 1.90. The van der Waals surface area contributed by atoms with Crippen molar-refractivity contribution in [2.45, 2.75) is 11.3 Å². The molecule has 0 aliphatic rings. The first-order valence-electron chi connectivity index (χ1n) is 5.43. The summed E-state index contributed by atoms with van der Waals surface area (Å²) in [6.45, 7) is 0.309. The van der Waals surface area contributed by atoms with Crippen molar-refractivity contribution < 1.29 is 8.42 Å². The summed E-state index contributed by atoms with van der Waals surface area (Å²) in [6, 6.07) is 6.55. The zero-order valence-corrected chi connectivity index (χ0v) is 12.2. The molecular weight excluding hydrogens is 306 g/mol. The van der Waals surface area contributed by atoms with Crippen molar-refractivity contribution in [2.24, 2.45) is 0 Å². The molecule has 0 radical (unpaired) electrons. The van der Waals surface area contributed by atoms with Crippen molar-refractivity contribution in [3.05, 3.63) is 39.7 Å². The summed E-state index contributed by atoms with van der Waals surface area (Å²) in [5.74, 6) is 0.284. The second kappa shape index (κ2) is 5.87. The Morgan fingerprint density at radius 3 is 2.68 bits per heavy atom. The van der Waals surface area contributed by atoms with Crippen LogP contribution >= 0.6 is 22.9 Å². The van der Waals surface area contributed by atoms with Crippen LogP contribution in [0, 0.1) is 0 Å². The Kier molecular flexibility index (Phi) is 4.41. The van der Waals surface area contributed by atoms with E-state index in [0.717, 1.165) is 4.88 Å². The van der Waals surface area contributed by atoms with Crippen LogP contribution in [0.3, 0.4) is 0 Å². The second-order valence-corrected chi connectivity index (χ2v) is 7.34. The Bertz CT molecular complexity index is 653. The maximum atomic E-state index is 11.9. The van der Waals surface area contributed by atoms with E-state index < -0.39 is 10.0 Å². The van der Waals surface area contributed by atoms with Crippen molar-refractivity contribution in [3.63, 3.8) is 0 Å². The summed E-state index contributed by atoms with van der Waals surface area (Å²) in [6.07, 6.45) is 1.83. The number of halogens is 1. The lowest BCUT2D eigenvalue weighted by molar-refractivity contribution is 0.581. The van der Waals surface area contributed by atoms with Gasteiger partial charge in [0.1, 0.15) is 10.7 Å². The van der Waals surface area contributed by atoms with Gasteiger partial charge in [-0.1, -0.05) is 11.6 Å². The largest absolute Gasteiger partial charge is 0.384 e. The fraction of sp³-hybridized carbons (Fsp3) is 0.182. The van der Waals surface area contributed by atoms with E-state index in [1.807, 2.05) is 6.07 Å². The number of nitrogen functional groups attached to an aromatic ring is 1. The van der Waals surface area contributed by atoms with Crippen molar-refractivity contribution in [2.75, 3.05) is 12.3 Å². The van der Waals surface area contributed by atoms with E-state index in [1.54, 1.807) is 6.07 Å². The smallest absolute Gasteiger partial charge is 0.242 e. The highest BCUT2D eigenvalue weighted by Gasteiger charge is 2.13. The zero-order valence-electron chi connectivity index (χ0n) is 9.84. The molecule has 19 heavy (non-hydrogen) atoms. The molecule has 0 atom stereocenters. The normalized spacial score (nSPS) is 11.6. The summed E-state index contributed by atoms with van der Waals surface area (Å²) >= 11 is 7.24. The highest BCUT2D eigenvalue weighted by atomic mass is 35.5. The van der Waals surface area contributed by atoms with E-state index >= 15 is 0 Å². The van der Waals surface area contributed by atoms with Gasteiger partial charge in [-0.2, -0.15) is 0 Å². The average molecular weight is 318 g/mol. The fourth-order valence-corrected chi connectivity index (χ4v) is 3.49. The number of nitrogens with one attached hydrogen (secondary N) is 1. The number of anilines is 1. The monoisotopic (exact) mass is 317 g/mol. The minimum Gasteiger partial charge on any atom is -0.384 e. The summed E-state index contributed by atoms with van der Waals surface area (Å²) < 4.78 is 27.1. The molecule has 2 aromatic heterocycles. The van der Waals surface area contributed by atoms with Crippen LogP contribution in [-0.2, 0) is 16.4 Å². The first kappa shape index (κ1) is 14.3. The van der Waals surface area contributed by atoms with Gasteiger partial charge in [0, 0.05) is 17.6 Å². The van der Waals surface area contributed by atoms with E-state index in [-0.39, 0.29) is 10.7 Å². The van der Waals surface area contributed by atoms with E-state index in [0.29, 0.717) is 17.3 Å². The molecule has 5 nitrogen and oxygen atoms in total. The highest BCUT2D eigenvalue weighted by Crippen LogP contribution is 2.21. The van der Waals surface area contributed by atoms with Crippen molar-refractivity contribution in [1.82, 2.24) is 9.71 Å². The third-order valence-electron chi connectivity index (χ3n) is 2.36. The Hall–Kier alpha value is -1.15. The minimum absolute atomic E-state index is 0.103. The van der Waals surface area contributed by atoms with Gasteiger partial charge in [0.2, 0.25) is 10.0 Å². The lowest BCUT2D eigenvalue weighted by Crippen LogP contribution is -2.26. The van der Waals surface area contributed by atoms with E-state index in [4.69, 9.17) is 17.3 Å². The third-order valence-corrected chi connectivity index (χ3v) is 5.10. The summed E-state index contributed by atoms with van der Waals surface area (Å²) in [7, 11) is -3.54. The van der Waals surface area contributed by atoms with Gasteiger partial charge in [-0.15, -0.1) is 11.3 Å². The van der Waals surface area contributed by atoms with E-state index in [9.17, 15) is 8.42 Å². The Morgan fingerprint density at radius 1 is 1.32 bits per heavy atom. The number of thiophene rings is 1. The maximum absolute atomic E-state index is 11.9. The number of nitrogens with zero attached hydrogens (tertiary/aromatic N) is 1.